The van der Waals surface area contributed by atoms with Gasteiger partial charge < -0.3 is 25.5 Å². The number of hydrogen-bond donors (Lipinski definition) is 4. The number of aromatic nitrogens is 9. The minimum absolute atomic E-state index is 0.0640. The first-order chi connectivity index (χ1) is 20.6. The molecule has 0 radical (unpaired) electrons. The lowest BCUT2D eigenvalue weighted by molar-refractivity contribution is 0.252. The third-order valence-electron chi connectivity index (χ3n) is 6.62. The molecule has 4 heterocycles. The van der Waals surface area contributed by atoms with Crippen LogP contribution in [0.1, 0.15) is 11.5 Å². The molecule has 0 saturated heterocycles. The first-order valence-corrected chi connectivity index (χ1v) is 12.9. The maximum absolute atomic E-state index is 15.2. The Morgan fingerprint density at radius 2 is 1.95 bits per heavy atom. The van der Waals surface area contributed by atoms with Gasteiger partial charge in [-0.15, -0.1) is 5.10 Å². The molecule has 43 heavy (non-hydrogen) atoms. The fourth-order valence-corrected chi connectivity index (χ4v) is 4.69. The molecule has 16 heteroatoms. The maximum Gasteiger partial charge on any atom is 0.337 e. The first-order valence-electron chi connectivity index (χ1n) is 12.9. The molecule has 0 fully saturated rings. The summed E-state index contributed by atoms with van der Waals surface area (Å²) in [6.45, 7) is 2.14. The summed E-state index contributed by atoms with van der Waals surface area (Å²) in [5, 5.41) is 13.3. The number of fused-ring (bicyclic) bond motifs is 1. The van der Waals surface area contributed by atoms with Gasteiger partial charge in [-0.25, -0.2) is 23.6 Å². The number of rotatable bonds is 6. The van der Waals surface area contributed by atoms with Gasteiger partial charge in [0.1, 0.15) is 11.6 Å². The van der Waals surface area contributed by atoms with E-state index in [-0.39, 0.29) is 22.7 Å². The molecule has 0 aliphatic heterocycles. The van der Waals surface area contributed by atoms with Crippen LogP contribution in [-0.4, -0.2) is 69.1 Å². The number of nitrogen functional groups attached to an aromatic ring is 1. The second kappa shape index (κ2) is 10.5. The fraction of sp³-hybridized carbons (Fsp3) is 0.148. The first kappa shape index (κ1) is 27.3. The topological polar surface area (TPSA) is 190 Å². The zero-order valence-corrected chi connectivity index (χ0v) is 23.2. The Bertz CT molecular complexity index is 2130. The number of nitrogens with two attached hydrogens (primary N) is 1. The number of hydrogen-bond acceptors (Lipinski definition) is 9. The number of H-pyrrole nitrogens is 2. The minimum Gasteiger partial charge on any atom is -0.366 e. The average Bonchev–Trinajstić information content (AvgIpc) is 3.69. The number of benzene rings is 2. The number of aromatic amines is 2. The van der Waals surface area contributed by atoms with E-state index in [1.165, 1.54) is 16.8 Å². The van der Waals surface area contributed by atoms with Crippen LogP contribution in [0.15, 0.2) is 64.4 Å². The van der Waals surface area contributed by atoms with Crippen molar-refractivity contribution in [3.63, 3.8) is 0 Å². The van der Waals surface area contributed by atoms with Crippen LogP contribution >= 0.6 is 0 Å². The normalized spacial score (nSPS) is 11.5. The highest BCUT2D eigenvalue weighted by atomic mass is 19.1. The molecular formula is C27H25FN12O3. The van der Waals surface area contributed by atoms with E-state index in [0.717, 1.165) is 0 Å². The monoisotopic (exact) mass is 584 g/mol. The van der Waals surface area contributed by atoms with Crippen molar-refractivity contribution in [1.82, 2.24) is 49.0 Å². The highest BCUT2D eigenvalue weighted by Crippen LogP contribution is 2.23. The third-order valence-corrected chi connectivity index (χ3v) is 6.62. The molecule has 6 aromatic rings. The van der Waals surface area contributed by atoms with E-state index < -0.39 is 23.1 Å². The quantitative estimate of drug-likeness (QED) is 0.227. The van der Waals surface area contributed by atoms with Gasteiger partial charge in [-0.3, -0.25) is 9.89 Å². The highest BCUT2D eigenvalue weighted by molar-refractivity contribution is 5.92. The number of nitrogens with zero attached hydrogens (tertiary/aromatic N) is 8. The van der Waals surface area contributed by atoms with E-state index in [1.807, 2.05) is 19.0 Å². The van der Waals surface area contributed by atoms with Crippen molar-refractivity contribution in [2.24, 2.45) is 0 Å². The molecule has 5 N–H and O–H groups in total. The standard InChI is InChI=1S/C27H25FN12O3/c1-14-21-22(40(36-14)17-6-4-5-15(11-17)23-33-25(29)35-34-23)24(41)39(27(43)32-21)26(42)31-19-8-7-16(12-18(19)28)38-10-9-30-20(38)13-37(2)3/h4-12H,13H2,1-3H3,(H,31,42)(H,32,43)(H3,29,33,34,35). The van der Waals surface area contributed by atoms with Gasteiger partial charge in [0.05, 0.1) is 29.1 Å². The zero-order valence-electron chi connectivity index (χ0n) is 23.2. The second-order valence-electron chi connectivity index (χ2n) is 9.93. The Kier molecular flexibility index (Phi) is 6.66. The van der Waals surface area contributed by atoms with Gasteiger partial charge in [0.2, 0.25) is 5.95 Å². The summed E-state index contributed by atoms with van der Waals surface area (Å²) < 4.78 is 18.6. The van der Waals surface area contributed by atoms with Gasteiger partial charge in [-0.2, -0.15) is 14.6 Å². The smallest absolute Gasteiger partial charge is 0.337 e. The van der Waals surface area contributed by atoms with Crippen LogP contribution in [0.5, 0.6) is 0 Å². The van der Waals surface area contributed by atoms with Crippen molar-refractivity contribution in [3.05, 3.63) is 93.0 Å². The van der Waals surface area contributed by atoms with E-state index in [4.69, 9.17) is 5.73 Å². The summed E-state index contributed by atoms with van der Waals surface area (Å²) in [7, 11) is 3.78. The number of amides is 1. The van der Waals surface area contributed by atoms with Crippen LogP contribution < -0.4 is 22.3 Å². The fourth-order valence-electron chi connectivity index (χ4n) is 4.69. The van der Waals surface area contributed by atoms with Gasteiger partial charge >= 0.3 is 11.7 Å². The molecule has 0 saturated carbocycles. The van der Waals surface area contributed by atoms with Gasteiger partial charge in [0, 0.05) is 29.7 Å². The van der Waals surface area contributed by atoms with Crippen molar-refractivity contribution in [1.29, 1.82) is 0 Å². The van der Waals surface area contributed by atoms with Gasteiger partial charge in [-0.05, 0) is 45.3 Å². The van der Waals surface area contributed by atoms with Gasteiger partial charge in [0.15, 0.2) is 11.3 Å². The van der Waals surface area contributed by atoms with E-state index in [0.29, 0.717) is 45.4 Å². The van der Waals surface area contributed by atoms with Crippen LogP contribution in [0.2, 0.25) is 0 Å². The number of carbonyl (C=O) groups excluding carboxylic acids is 1. The van der Waals surface area contributed by atoms with Crippen LogP contribution in [0.3, 0.4) is 0 Å². The number of nitrogens with one attached hydrogen (secondary N) is 3. The van der Waals surface area contributed by atoms with E-state index >= 15 is 4.39 Å². The Balaban J connectivity index is 1.36. The number of halogens is 1. The van der Waals surface area contributed by atoms with E-state index in [2.05, 4.69) is 35.6 Å². The Morgan fingerprint density at radius 1 is 1.14 bits per heavy atom. The lowest BCUT2D eigenvalue weighted by Crippen LogP contribution is -2.42. The molecular weight excluding hydrogens is 559 g/mol. The molecule has 0 atom stereocenters. The van der Waals surface area contributed by atoms with Crippen LogP contribution in [0.4, 0.5) is 20.8 Å². The minimum atomic E-state index is -1.15. The van der Waals surface area contributed by atoms with Gasteiger partial charge in [-0.1, -0.05) is 12.1 Å². The summed E-state index contributed by atoms with van der Waals surface area (Å²) in [6, 6.07) is 9.84. The summed E-state index contributed by atoms with van der Waals surface area (Å²) in [5.41, 5.74) is 5.41. The molecule has 2 aromatic carbocycles. The maximum atomic E-state index is 15.2. The predicted octanol–water partition coefficient (Wildman–Crippen LogP) is 2.02. The zero-order chi connectivity index (χ0) is 30.4. The second-order valence-corrected chi connectivity index (χ2v) is 9.93. The third kappa shape index (κ3) is 4.95. The molecule has 0 bridgehead atoms. The average molecular weight is 585 g/mol. The molecule has 6 rings (SSSR count). The Hall–Kier alpha value is -5.90. The van der Waals surface area contributed by atoms with E-state index in [9.17, 15) is 14.4 Å². The molecule has 218 valence electrons. The lowest BCUT2D eigenvalue weighted by Gasteiger charge is -2.13. The summed E-state index contributed by atoms with van der Waals surface area (Å²) in [5.74, 6) is 0.378. The Morgan fingerprint density at radius 3 is 2.67 bits per heavy atom. The number of imidazole rings is 1. The van der Waals surface area contributed by atoms with Crippen molar-refractivity contribution in [3.8, 4) is 22.8 Å². The summed E-state index contributed by atoms with van der Waals surface area (Å²) >= 11 is 0. The molecule has 0 spiro atoms. The van der Waals surface area contributed by atoms with Crippen LogP contribution in [0, 0.1) is 12.7 Å². The van der Waals surface area contributed by atoms with E-state index in [1.54, 1.807) is 54.2 Å². The van der Waals surface area contributed by atoms with Crippen LogP contribution in [0.25, 0.3) is 33.8 Å². The van der Waals surface area contributed by atoms with Crippen molar-refractivity contribution in [2.75, 3.05) is 25.1 Å². The van der Waals surface area contributed by atoms with Crippen molar-refractivity contribution < 1.29 is 9.18 Å². The molecule has 15 nitrogen and oxygen atoms in total. The summed E-state index contributed by atoms with van der Waals surface area (Å²) in [4.78, 5) is 52.7. The molecule has 1 amide bonds. The number of carbonyl (C=O) groups is 1. The number of anilines is 2. The van der Waals surface area contributed by atoms with Crippen molar-refractivity contribution in [2.45, 2.75) is 13.5 Å². The molecule has 4 aromatic heterocycles. The predicted molar refractivity (Wildman–Crippen MR) is 156 cm³/mol. The lowest BCUT2D eigenvalue weighted by atomic mass is 10.2. The Labute approximate surface area is 241 Å². The van der Waals surface area contributed by atoms with Gasteiger partial charge in [0.25, 0.3) is 5.56 Å². The summed E-state index contributed by atoms with van der Waals surface area (Å²) in [6.07, 6.45) is 3.30. The van der Waals surface area contributed by atoms with Crippen LogP contribution in [-0.2, 0) is 6.54 Å². The molecule has 0 aliphatic rings. The SMILES string of the molecule is Cc1nn(-c2cccc(-c3nc(N)n[nH]3)c2)c2c(=O)n(C(=O)Nc3ccc(-n4ccnc4CN(C)C)cc3F)c(=O)[nH]c12. The highest BCUT2D eigenvalue weighted by Gasteiger charge is 2.22. The molecule has 0 unspecified atom stereocenters. The molecule has 0 aliphatic carbocycles. The van der Waals surface area contributed by atoms with Crippen molar-refractivity contribution >= 4 is 28.7 Å². The largest absolute Gasteiger partial charge is 0.366 e. The number of aryl methyl sites for hydroxylation is 1.